The Labute approximate surface area is 364 Å². The first kappa shape index (κ1) is 35.5. The molecule has 0 radical (unpaired) electrons. The molecule has 0 N–H and O–H groups in total. The van der Waals surface area contributed by atoms with E-state index in [2.05, 4.69) is 187 Å². The summed E-state index contributed by atoms with van der Waals surface area (Å²) in [5.74, 6) is 0.521. The summed E-state index contributed by atoms with van der Waals surface area (Å²) in [5.41, 5.74) is 16.5. The van der Waals surface area contributed by atoms with Crippen molar-refractivity contribution in [3.63, 3.8) is 0 Å². The second-order valence-electron chi connectivity index (χ2n) is 17.9. The molecule has 0 saturated heterocycles. The van der Waals surface area contributed by atoms with Crippen LogP contribution in [-0.4, -0.2) is 4.57 Å². The fourth-order valence-corrected chi connectivity index (χ4v) is 13.6. The van der Waals surface area contributed by atoms with Crippen LogP contribution in [0.25, 0.3) is 74.1 Å². The van der Waals surface area contributed by atoms with Crippen LogP contribution in [0.3, 0.4) is 0 Å². The van der Waals surface area contributed by atoms with E-state index in [9.17, 15) is 0 Å². The van der Waals surface area contributed by atoms with Gasteiger partial charge in [-0.05, 0) is 121 Å². The van der Waals surface area contributed by atoms with E-state index in [0.717, 1.165) is 32.1 Å². The van der Waals surface area contributed by atoms with Gasteiger partial charge in [-0.15, -0.1) is 22.7 Å². The van der Waals surface area contributed by atoms with Gasteiger partial charge < -0.3 is 9.47 Å². The summed E-state index contributed by atoms with van der Waals surface area (Å²) < 4.78 is 8.03. The minimum absolute atomic E-state index is 0.0650. The third kappa shape index (κ3) is 5.32. The summed E-state index contributed by atoms with van der Waals surface area (Å²) in [6.07, 6.45) is 10.6. The smallest absolute Gasteiger partial charge is 0.0552 e. The van der Waals surface area contributed by atoms with Gasteiger partial charge in [0.1, 0.15) is 0 Å². The van der Waals surface area contributed by atoms with Crippen molar-refractivity contribution in [2.75, 3.05) is 4.90 Å². The average molecular weight is 821 g/mol. The molecule has 2 nitrogen and oxygen atoms in total. The van der Waals surface area contributed by atoms with E-state index in [4.69, 9.17) is 0 Å². The number of thiophene rings is 2. The van der Waals surface area contributed by atoms with Gasteiger partial charge in [0.15, 0.2) is 0 Å². The summed E-state index contributed by atoms with van der Waals surface area (Å²) >= 11 is 3.85. The lowest BCUT2D eigenvalue weighted by Crippen LogP contribution is -2.22. The molecule has 0 aliphatic heterocycles. The molecule has 7 aromatic carbocycles. The molecule has 0 bridgehead atoms. The molecule has 3 aromatic heterocycles. The van der Waals surface area contributed by atoms with Crippen molar-refractivity contribution in [3.05, 3.63) is 191 Å². The topological polar surface area (TPSA) is 8.17 Å². The summed E-state index contributed by atoms with van der Waals surface area (Å²) in [4.78, 5) is 2.60. The van der Waals surface area contributed by atoms with Crippen molar-refractivity contribution in [2.24, 2.45) is 5.92 Å². The Morgan fingerprint density at radius 1 is 0.590 bits per heavy atom. The molecule has 13 rings (SSSR count). The van der Waals surface area contributed by atoms with Crippen LogP contribution in [0.1, 0.15) is 61.9 Å². The molecule has 0 saturated carbocycles. The normalized spacial score (nSPS) is 16.9. The van der Waals surface area contributed by atoms with Crippen LogP contribution < -0.4 is 4.90 Å². The Morgan fingerprint density at radius 2 is 1.30 bits per heavy atom. The van der Waals surface area contributed by atoms with Gasteiger partial charge in [-0.25, -0.2) is 0 Å². The lowest BCUT2D eigenvalue weighted by Gasteiger charge is -2.34. The van der Waals surface area contributed by atoms with Crippen LogP contribution in [0.15, 0.2) is 169 Å². The highest BCUT2D eigenvalue weighted by molar-refractivity contribution is 7.26. The van der Waals surface area contributed by atoms with Crippen LogP contribution in [-0.2, 0) is 11.8 Å². The number of rotatable bonds is 5. The Balaban J connectivity index is 0.922. The van der Waals surface area contributed by atoms with Gasteiger partial charge >= 0.3 is 0 Å². The molecule has 0 fully saturated rings. The quantitative estimate of drug-likeness (QED) is 0.168. The number of hydrogen-bond donors (Lipinski definition) is 0. The molecule has 294 valence electrons. The predicted molar refractivity (Wildman–Crippen MR) is 263 cm³/mol. The maximum Gasteiger partial charge on any atom is 0.0552 e. The predicted octanol–water partition coefficient (Wildman–Crippen LogP) is 16.5. The summed E-state index contributed by atoms with van der Waals surface area (Å²) in [6.45, 7) is 4.79. The van der Waals surface area contributed by atoms with Gasteiger partial charge in [0.2, 0.25) is 0 Å². The second kappa shape index (κ2) is 13.4. The first-order valence-corrected chi connectivity index (χ1v) is 23.5. The molecule has 10 aromatic rings. The zero-order valence-corrected chi connectivity index (χ0v) is 36.0. The molecule has 3 aliphatic rings. The number of benzene rings is 7. The Morgan fingerprint density at radius 3 is 2.13 bits per heavy atom. The average Bonchev–Trinajstić information content (AvgIpc) is 4.03. The molecule has 1 unspecified atom stereocenters. The highest BCUT2D eigenvalue weighted by atomic mass is 32.1. The zero-order chi connectivity index (χ0) is 40.4. The fraction of sp³-hybridized carbons (Fsp3) is 0.158. The molecule has 1 atom stereocenters. The number of hydrogen-bond acceptors (Lipinski definition) is 3. The number of aromatic nitrogens is 1. The highest BCUT2D eigenvalue weighted by Gasteiger charge is 2.36. The molecule has 0 spiro atoms. The maximum absolute atomic E-state index is 2.63. The lowest BCUT2D eigenvalue weighted by molar-refractivity contribution is 0.517. The van der Waals surface area contributed by atoms with Crippen molar-refractivity contribution in [3.8, 4) is 16.8 Å². The van der Waals surface area contributed by atoms with Crippen LogP contribution in [0.4, 0.5) is 11.4 Å². The van der Waals surface area contributed by atoms with Crippen molar-refractivity contribution in [1.29, 1.82) is 0 Å². The van der Waals surface area contributed by atoms with Gasteiger partial charge in [0, 0.05) is 85.2 Å². The number of para-hydroxylation sites is 1. The van der Waals surface area contributed by atoms with Gasteiger partial charge in [0.25, 0.3) is 0 Å². The van der Waals surface area contributed by atoms with Crippen molar-refractivity contribution in [2.45, 2.75) is 51.4 Å². The van der Waals surface area contributed by atoms with Crippen LogP contribution in [0.2, 0.25) is 0 Å². The monoisotopic (exact) mass is 820 g/mol. The third-order valence-electron chi connectivity index (χ3n) is 14.3. The molecule has 4 heteroatoms. The Hall–Kier alpha value is -6.20. The highest BCUT2D eigenvalue weighted by Crippen LogP contribution is 2.52. The van der Waals surface area contributed by atoms with E-state index < -0.39 is 0 Å². The lowest BCUT2D eigenvalue weighted by atomic mass is 9.80. The SMILES string of the molecule is CC1(C)c2ccccc2-c2ccc(N(C3=CCC(C4=Cc5c(n(-c6ccccc6)c6ccc7c8ccccc8sc7c56)CC4)CC3)c3ccc4sc5ccccc5c4c3)cc21. The fourth-order valence-electron chi connectivity index (χ4n) is 11.3. The van der Waals surface area contributed by atoms with Gasteiger partial charge in [-0.2, -0.15) is 0 Å². The van der Waals surface area contributed by atoms with E-state index in [-0.39, 0.29) is 5.41 Å². The molecule has 61 heavy (non-hydrogen) atoms. The first-order valence-electron chi connectivity index (χ1n) is 21.9. The number of fused-ring (bicyclic) bond motifs is 13. The number of anilines is 2. The molecule has 3 aliphatic carbocycles. The minimum Gasteiger partial charge on any atom is -0.315 e. The standard InChI is InChI=1S/C57H44N2S2/c1-57(2)48-17-9-6-14-41(48)42-27-25-40(34-49(42)57)58(39-26-31-54-46(33-39)44-16-8-10-18-52(44)60-54)38-23-20-35(21-24-38)36-22-29-50-47(32-36)55-51(59(50)37-12-4-3-5-13-37)30-28-45-43-15-7-11-19-53(43)61-56(45)55/h3-19,23,25-28,30-35H,20-22,24,29H2,1-2H3. The molecular weight excluding hydrogens is 777 g/mol. The summed E-state index contributed by atoms with van der Waals surface area (Å²) in [6, 6.07) is 57.0. The van der Waals surface area contributed by atoms with Crippen molar-refractivity contribution >= 4 is 91.4 Å². The van der Waals surface area contributed by atoms with E-state index in [1.54, 1.807) is 5.57 Å². The van der Waals surface area contributed by atoms with Crippen molar-refractivity contribution < 1.29 is 0 Å². The van der Waals surface area contributed by atoms with Crippen LogP contribution in [0.5, 0.6) is 0 Å². The first-order chi connectivity index (χ1) is 30.0. The number of allylic oxidation sites excluding steroid dienone is 3. The number of nitrogens with zero attached hydrogens (tertiary/aromatic N) is 2. The molecule has 0 amide bonds. The summed E-state index contributed by atoms with van der Waals surface area (Å²) in [5, 5.41) is 6.85. The van der Waals surface area contributed by atoms with Gasteiger partial charge in [-0.1, -0.05) is 123 Å². The Bertz CT molecular complexity index is 3500. The zero-order valence-electron chi connectivity index (χ0n) is 34.4. The van der Waals surface area contributed by atoms with E-state index in [0.29, 0.717) is 5.92 Å². The molecule has 3 heterocycles. The van der Waals surface area contributed by atoms with Gasteiger partial charge in [0.05, 0.1) is 5.52 Å². The minimum atomic E-state index is -0.0650. The third-order valence-corrected chi connectivity index (χ3v) is 16.6. The van der Waals surface area contributed by atoms with E-state index in [1.165, 1.54) is 108 Å². The van der Waals surface area contributed by atoms with E-state index in [1.807, 2.05) is 22.7 Å². The molecular formula is C57H44N2S2. The summed E-state index contributed by atoms with van der Waals surface area (Å²) in [7, 11) is 0. The van der Waals surface area contributed by atoms with Gasteiger partial charge in [-0.3, -0.25) is 0 Å². The largest absolute Gasteiger partial charge is 0.315 e. The Kier molecular flexibility index (Phi) is 7.81. The van der Waals surface area contributed by atoms with E-state index >= 15 is 0 Å². The maximum atomic E-state index is 2.63. The van der Waals surface area contributed by atoms with Crippen molar-refractivity contribution in [1.82, 2.24) is 4.57 Å². The van der Waals surface area contributed by atoms with Crippen LogP contribution >= 0.6 is 22.7 Å². The van der Waals surface area contributed by atoms with Crippen LogP contribution in [0, 0.1) is 5.92 Å². The second-order valence-corrected chi connectivity index (χ2v) is 20.0.